The number of ether oxygens (including phenoxy) is 1. The first kappa shape index (κ1) is 22.5. The van der Waals surface area contributed by atoms with Crippen LogP contribution in [0.15, 0.2) is 76.5 Å². The van der Waals surface area contributed by atoms with Gasteiger partial charge in [0, 0.05) is 34.4 Å². The minimum Gasteiger partial charge on any atom is -0.503 e. The SMILES string of the molecule is COc1cc(Cl)cc2cc(C(=O)C3=C(O)C(=O)N(c4ccc(F)c(F)c4)C3c3ccccn3)oc12. The summed E-state index contributed by atoms with van der Waals surface area (Å²) < 4.78 is 38.6. The molecule has 0 saturated carbocycles. The zero-order valence-corrected chi connectivity index (χ0v) is 18.7. The molecular formula is C25H15ClF2N2O5. The number of carbonyl (C=O) groups is 2. The molecule has 1 aliphatic heterocycles. The average Bonchev–Trinajstić information content (AvgIpc) is 3.39. The molecule has 1 amide bonds. The van der Waals surface area contributed by atoms with Gasteiger partial charge in [0.2, 0.25) is 5.78 Å². The number of halogens is 3. The molecule has 0 radical (unpaired) electrons. The van der Waals surface area contributed by atoms with Crippen molar-refractivity contribution in [1.29, 1.82) is 0 Å². The molecular weight excluding hydrogens is 482 g/mol. The van der Waals surface area contributed by atoms with Crippen LogP contribution in [0.3, 0.4) is 0 Å². The summed E-state index contributed by atoms with van der Waals surface area (Å²) in [5, 5.41) is 11.6. The highest BCUT2D eigenvalue weighted by atomic mass is 35.5. The second-order valence-corrected chi connectivity index (χ2v) is 8.10. The van der Waals surface area contributed by atoms with Crippen LogP contribution in [0.4, 0.5) is 14.5 Å². The number of benzene rings is 2. The van der Waals surface area contributed by atoms with E-state index in [1.807, 2.05) is 0 Å². The third-order valence-electron chi connectivity index (χ3n) is 5.59. The maximum Gasteiger partial charge on any atom is 0.294 e. The molecule has 1 unspecified atom stereocenters. The number of methoxy groups -OCH3 is 1. The Kier molecular flexibility index (Phi) is 5.49. The molecule has 10 heteroatoms. The van der Waals surface area contributed by atoms with Crippen LogP contribution < -0.4 is 9.64 Å². The van der Waals surface area contributed by atoms with Gasteiger partial charge in [0.05, 0.1) is 18.4 Å². The number of hydrogen-bond donors (Lipinski definition) is 1. The number of fused-ring (bicyclic) bond motifs is 1. The van der Waals surface area contributed by atoms with Crippen LogP contribution in [0.2, 0.25) is 5.02 Å². The molecule has 0 saturated heterocycles. The smallest absolute Gasteiger partial charge is 0.294 e. The quantitative estimate of drug-likeness (QED) is 0.364. The van der Waals surface area contributed by atoms with Gasteiger partial charge in [0.25, 0.3) is 5.91 Å². The van der Waals surface area contributed by atoms with Gasteiger partial charge >= 0.3 is 0 Å². The summed E-state index contributed by atoms with van der Waals surface area (Å²) in [6.07, 6.45) is 1.44. The van der Waals surface area contributed by atoms with E-state index in [4.69, 9.17) is 20.8 Å². The summed E-state index contributed by atoms with van der Waals surface area (Å²) in [7, 11) is 1.41. The minimum absolute atomic E-state index is 0.0723. The molecule has 4 aromatic rings. The molecule has 1 aliphatic rings. The van der Waals surface area contributed by atoms with Gasteiger partial charge in [-0.05, 0) is 36.4 Å². The average molecular weight is 497 g/mol. The van der Waals surface area contributed by atoms with E-state index < -0.39 is 35.1 Å². The van der Waals surface area contributed by atoms with Crippen molar-refractivity contribution in [2.75, 3.05) is 12.0 Å². The Labute approximate surface area is 201 Å². The van der Waals surface area contributed by atoms with Crippen molar-refractivity contribution < 1.29 is 32.6 Å². The lowest BCUT2D eigenvalue weighted by Gasteiger charge is -2.26. The van der Waals surface area contributed by atoms with Gasteiger partial charge < -0.3 is 14.3 Å². The molecule has 0 spiro atoms. The number of furan rings is 1. The number of amides is 1. The lowest BCUT2D eigenvalue weighted by molar-refractivity contribution is -0.117. The number of ketones is 1. The molecule has 35 heavy (non-hydrogen) atoms. The van der Waals surface area contributed by atoms with E-state index in [1.54, 1.807) is 18.2 Å². The Morgan fingerprint density at radius 2 is 1.94 bits per heavy atom. The molecule has 5 rings (SSSR count). The third-order valence-corrected chi connectivity index (χ3v) is 5.81. The first-order valence-electron chi connectivity index (χ1n) is 10.2. The Morgan fingerprint density at radius 1 is 1.14 bits per heavy atom. The second-order valence-electron chi connectivity index (χ2n) is 7.66. The summed E-state index contributed by atoms with van der Waals surface area (Å²) in [4.78, 5) is 31.9. The predicted octanol–water partition coefficient (Wildman–Crippen LogP) is 5.55. The van der Waals surface area contributed by atoms with E-state index in [9.17, 15) is 23.5 Å². The van der Waals surface area contributed by atoms with Crippen molar-refractivity contribution in [2.45, 2.75) is 6.04 Å². The number of aromatic nitrogens is 1. The highest BCUT2D eigenvalue weighted by Crippen LogP contribution is 2.42. The largest absolute Gasteiger partial charge is 0.503 e. The predicted molar refractivity (Wildman–Crippen MR) is 123 cm³/mol. The Bertz CT molecular complexity index is 1530. The van der Waals surface area contributed by atoms with Crippen LogP contribution >= 0.6 is 11.6 Å². The van der Waals surface area contributed by atoms with Gasteiger partial charge in [-0.2, -0.15) is 0 Å². The molecule has 0 aliphatic carbocycles. The zero-order valence-electron chi connectivity index (χ0n) is 18.0. The van der Waals surface area contributed by atoms with Gasteiger partial charge in [-0.3, -0.25) is 19.5 Å². The molecule has 1 atom stereocenters. The van der Waals surface area contributed by atoms with Crippen molar-refractivity contribution in [2.24, 2.45) is 0 Å². The van der Waals surface area contributed by atoms with E-state index in [1.165, 1.54) is 37.6 Å². The second kappa shape index (κ2) is 8.52. The van der Waals surface area contributed by atoms with Gasteiger partial charge in [-0.25, -0.2) is 8.78 Å². The fourth-order valence-corrected chi connectivity index (χ4v) is 4.25. The minimum atomic E-state index is -1.24. The molecule has 2 aromatic carbocycles. The van der Waals surface area contributed by atoms with Crippen LogP contribution in [0.25, 0.3) is 11.0 Å². The van der Waals surface area contributed by atoms with Gasteiger partial charge in [0.15, 0.2) is 34.5 Å². The van der Waals surface area contributed by atoms with E-state index in [0.29, 0.717) is 10.4 Å². The van der Waals surface area contributed by atoms with Crippen molar-refractivity contribution in [3.05, 3.63) is 100 Å². The summed E-state index contributed by atoms with van der Waals surface area (Å²) >= 11 is 6.10. The number of pyridine rings is 1. The third kappa shape index (κ3) is 3.70. The number of aliphatic hydroxyl groups excluding tert-OH is 1. The first-order valence-corrected chi connectivity index (χ1v) is 10.6. The highest BCUT2D eigenvalue weighted by molar-refractivity contribution is 6.31. The Balaban J connectivity index is 1.66. The van der Waals surface area contributed by atoms with Crippen molar-refractivity contribution in [1.82, 2.24) is 4.98 Å². The number of rotatable bonds is 5. The zero-order chi connectivity index (χ0) is 24.9. The van der Waals surface area contributed by atoms with Crippen LogP contribution in [0.5, 0.6) is 5.75 Å². The Hall–Kier alpha value is -4.24. The van der Waals surface area contributed by atoms with Crippen LogP contribution in [0.1, 0.15) is 22.3 Å². The van der Waals surface area contributed by atoms with Gasteiger partial charge in [-0.15, -0.1) is 0 Å². The summed E-state index contributed by atoms with van der Waals surface area (Å²) in [5.74, 6) is -4.85. The Morgan fingerprint density at radius 3 is 2.63 bits per heavy atom. The lowest BCUT2D eigenvalue weighted by atomic mass is 9.98. The number of aliphatic hydroxyl groups is 1. The number of nitrogens with zero attached hydrogens (tertiary/aromatic N) is 2. The summed E-state index contributed by atoms with van der Waals surface area (Å²) in [5.41, 5.74) is 0.0609. The van der Waals surface area contributed by atoms with E-state index in [0.717, 1.165) is 17.0 Å². The van der Waals surface area contributed by atoms with E-state index in [2.05, 4.69) is 4.98 Å². The van der Waals surface area contributed by atoms with Crippen molar-refractivity contribution >= 4 is 39.9 Å². The van der Waals surface area contributed by atoms with Gasteiger partial charge in [-0.1, -0.05) is 17.7 Å². The molecule has 2 aromatic heterocycles. The van der Waals surface area contributed by atoms with E-state index in [-0.39, 0.29) is 34.0 Å². The molecule has 0 fully saturated rings. The van der Waals surface area contributed by atoms with Crippen molar-refractivity contribution in [3.8, 4) is 5.75 Å². The van der Waals surface area contributed by atoms with Crippen molar-refractivity contribution in [3.63, 3.8) is 0 Å². The van der Waals surface area contributed by atoms with Crippen LogP contribution in [-0.4, -0.2) is 28.9 Å². The maximum absolute atomic E-state index is 14.0. The lowest BCUT2D eigenvalue weighted by Crippen LogP contribution is -2.31. The maximum atomic E-state index is 14.0. The highest BCUT2D eigenvalue weighted by Gasteiger charge is 2.46. The number of hydrogen-bond acceptors (Lipinski definition) is 6. The standard InChI is InChI=1S/C25H15ClF2N2O5/c1-34-19-10-13(26)8-12-9-18(35-24(12)19)22(31)20-21(17-4-2-3-7-29-17)30(25(33)23(20)32)14-5-6-15(27)16(28)11-14/h2-11,21,32H,1H3. The normalized spacial score (nSPS) is 15.8. The molecule has 1 N–H and O–H groups in total. The molecule has 3 heterocycles. The first-order chi connectivity index (χ1) is 16.8. The topological polar surface area (TPSA) is 92.9 Å². The molecule has 176 valence electrons. The summed E-state index contributed by atoms with van der Waals surface area (Å²) in [6, 6.07) is 10.9. The molecule has 7 nitrogen and oxygen atoms in total. The van der Waals surface area contributed by atoms with E-state index >= 15 is 0 Å². The number of carbonyl (C=O) groups excluding carboxylic acids is 2. The monoisotopic (exact) mass is 496 g/mol. The van der Waals surface area contributed by atoms with Crippen LogP contribution in [-0.2, 0) is 4.79 Å². The number of Topliss-reactive ketones (excluding diaryl/α,β-unsaturated/α-hetero) is 1. The molecule has 0 bridgehead atoms. The summed E-state index contributed by atoms with van der Waals surface area (Å²) in [6.45, 7) is 0. The number of anilines is 1. The van der Waals surface area contributed by atoms with Gasteiger partial charge in [0.1, 0.15) is 6.04 Å². The fraction of sp³-hybridized carbons (Fsp3) is 0.0800. The van der Waals surface area contributed by atoms with Crippen LogP contribution in [0, 0.1) is 11.6 Å². The fourth-order valence-electron chi connectivity index (χ4n) is 4.04.